The number of carbonyl (C=O) groups excluding carboxylic acids is 2. The SMILES string of the molecule is CC1CC(C)CN(C2=C(c3ccc([N+](=O)[O-])cc3)C(=O)N(Cc3cccnc3)C2=O)C1. The molecule has 4 rings (SSSR count). The average molecular weight is 420 g/mol. The summed E-state index contributed by atoms with van der Waals surface area (Å²) in [5, 5.41) is 11.0. The van der Waals surface area contributed by atoms with E-state index < -0.39 is 4.92 Å². The van der Waals surface area contributed by atoms with E-state index in [4.69, 9.17) is 0 Å². The molecule has 2 aromatic rings. The minimum Gasteiger partial charge on any atom is -0.366 e. The highest BCUT2D eigenvalue weighted by molar-refractivity contribution is 6.35. The summed E-state index contributed by atoms with van der Waals surface area (Å²) in [7, 11) is 0. The van der Waals surface area contributed by atoms with Crippen molar-refractivity contribution in [3.63, 3.8) is 0 Å². The maximum absolute atomic E-state index is 13.5. The zero-order chi connectivity index (χ0) is 22.1. The molecule has 31 heavy (non-hydrogen) atoms. The van der Waals surface area contributed by atoms with Crippen molar-refractivity contribution in [1.29, 1.82) is 0 Å². The number of benzene rings is 1. The topological polar surface area (TPSA) is 96.7 Å². The Labute approximate surface area is 180 Å². The lowest BCUT2D eigenvalue weighted by molar-refractivity contribution is -0.384. The molecule has 2 unspecified atom stereocenters. The monoisotopic (exact) mass is 420 g/mol. The number of nitro benzene ring substituents is 1. The van der Waals surface area contributed by atoms with Crippen molar-refractivity contribution in [3.8, 4) is 0 Å². The van der Waals surface area contributed by atoms with Gasteiger partial charge in [0.15, 0.2) is 0 Å². The highest BCUT2D eigenvalue weighted by Gasteiger charge is 2.42. The largest absolute Gasteiger partial charge is 0.366 e. The van der Waals surface area contributed by atoms with Crippen LogP contribution in [-0.2, 0) is 16.1 Å². The van der Waals surface area contributed by atoms with Crippen LogP contribution >= 0.6 is 0 Å². The minimum atomic E-state index is -0.483. The molecule has 2 aliphatic heterocycles. The molecule has 0 radical (unpaired) electrons. The molecule has 1 fully saturated rings. The van der Waals surface area contributed by atoms with Crippen LogP contribution in [0.1, 0.15) is 31.4 Å². The van der Waals surface area contributed by atoms with Crippen LogP contribution in [0.2, 0.25) is 0 Å². The molecular formula is C23H24N4O4. The van der Waals surface area contributed by atoms with E-state index in [0.717, 1.165) is 12.0 Å². The number of pyridine rings is 1. The number of rotatable bonds is 5. The number of non-ortho nitro benzene ring substituents is 1. The Morgan fingerprint density at radius 3 is 2.32 bits per heavy atom. The van der Waals surface area contributed by atoms with Gasteiger partial charge in [0.2, 0.25) is 0 Å². The van der Waals surface area contributed by atoms with Crippen LogP contribution in [0, 0.1) is 22.0 Å². The molecule has 8 heteroatoms. The maximum atomic E-state index is 13.5. The number of piperidine rings is 1. The van der Waals surface area contributed by atoms with E-state index in [1.807, 2.05) is 11.0 Å². The standard InChI is InChI=1S/C23H24N4O4/c1-15-10-16(2)13-25(12-15)21-20(18-5-7-19(8-6-18)27(30)31)22(28)26(23(21)29)14-17-4-3-9-24-11-17/h3-9,11,15-16H,10,12-14H2,1-2H3. The number of likely N-dealkylation sites (tertiary alicyclic amines) is 1. The molecule has 3 heterocycles. The number of nitro groups is 1. The Balaban J connectivity index is 1.76. The Bertz CT molecular complexity index is 1040. The van der Waals surface area contributed by atoms with Gasteiger partial charge in [0.25, 0.3) is 17.5 Å². The highest BCUT2D eigenvalue weighted by atomic mass is 16.6. The van der Waals surface area contributed by atoms with Gasteiger partial charge in [-0.25, -0.2) is 0 Å². The third-order valence-electron chi connectivity index (χ3n) is 5.76. The molecule has 0 saturated carbocycles. The molecule has 160 valence electrons. The van der Waals surface area contributed by atoms with Crippen LogP contribution in [0.15, 0.2) is 54.5 Å². The second-order valence-electron chi connectivity index (χ2n) is 8.44. The highest BCUT2D eigenvalue weighted by Crippen LogP contribution is 2.36. The summed E-state index contributed by atoms with van der Waals surface area (Å²) in [5.41, 5.74) is 1.91. The van der Waals surface area contributed by atoms with Gasteiger partial charge in [0, 0.05) is 37.6 Å². The van der Waals surface area contributed by atoms with Gasteiger partial charge in [-0.1, -0.05) is 19.9 Å². The van der Waals surface area contributed by atoms with Crippen molar-refractivity contribution in [3.05, 3.63) is 75.7 Å². The predicted molar refractivity (Wildman–Crippen MR) is 114 cm³/mol. The zero-order valence-electron chi connectivity index (χ0n) is 17.5. The summed E-state index contributed by atoms with van der Waals surface area (Å²) in [6, 6.07) is 9.40. The van der Waals surface area contributed by atoms with Gasteiger partial charge in [0.05, 0.1) is 17.0 Å². The van der Waals surface area contributed by atoms with Gasteiger partial charge in [-0.05, 0) is 47.6 Å². The van der Waals surface area contributed by atoms with E-state index in [1.165, 1.54) is 17.0 Å². The van der Waals surface area contributed by atoms with Crippen molar-refractivity contribution in [2.75, 3.05) is 13.1 Å². The summed E-state index contributed by atoms with van der Waals surface area (Å²) in [4.78, 5) is 44.8. The third-order valence-corrected chi connectivity index (χ3v) is 5.76. The first kappa shape index (κ1) is 20.7. The molecule has 2 aliphatic rings. The smallest absolute Gasteiger partial charge is 0.278 e. The predicted octanol–water partition coefficient (Wildman–Crippen LogP) is 3.25. The van der Waals surface area contributed by atoms with Crippen molar-refractivity contribution in [2.45, 2.75) is 26.8 Å². The number of carbonyl (C=O) groups is 2. The Morgan fingerprint density at radius 2 is 1.74 bits per heavy atom. The molecular weight excluding hydrogens is 396 g/mol. The Morgan fingerprint density at radius 1 is 1.06 bits per heavy atom. The van der Waals surface area contributed by atoms with E-state index >= 15 is 0 Å². The van der Waals surface area contributed by atoms with Crippen molar-refractivity contribution < 1.29 is 14.5 Å². The summed E-state index contributed by atoms with van der Waals surface area (Å²) >= 11 is 0. The van der Waals surface area contributed by atoms with Gasteiger partial charge in [-0.2, -0.15) is 0 Å². The minimum absolute atomic E-state index is 0.0601. The van der Waals surface area contributed by atoms with Gasteiger partial charge in [-0.15, -0.1) is 0 Å². The molecule has 1 saturated heterocycles. The van der Waals surface area contributed by atoms with Gasteiger partial charge >= 0.3 is 0 Å². The van der Waals surface area contributed by atoms with Crippen molar-refractivity contribution in [1.82, 2.24) is 14.8 Å². The number of aromatic nitrogens is 1. The molecule has 2 amide bonds. The lowest BCUT2D eigenvalue weighted by Crippen LogP contribution is -2.41. The van der Waals surface area contributed by atoms with E-state index in [9.17, 15) is 19.7 Å². The fraction of sp³-hybridized carbons (Fsp3) is 0.348. The van der Waals surface area contributed by atoms with Crippen LogP contribution in [0.5, 0.6) is 0 Å². The van der Waals surface area contributed by atoms with Gasteiger partial charge < -0.3 is 4.90 Å². The van der Waals surface area contributed by atoms with Crippen LogP contribution in [0.25, 0.3) is 5.57 Å². The number of nitrogens with zero attached hydrogens (tertiary/aromatic N) is 4. The lowest BCUT2D eigenvalue weighted by atomic mass is 9.91. The Hall–Kier alpha value is -3.55. The van der Waals surface area contributed by atoms with E-state index in [2.05, 4.69) is 18.8 Å². The second-order valence-corrected chi connectivity index (χ2v) is 8.44. The normalized spacial score (nSPS) is 21.7. The summed E-state index contributed by atoms with van der Waals surface area (Å²) < 4.78 is 0. The fourth-order valence-electron chi connectivity index (χ4n) is 4.53. The number of hydrogen-bond donors (Lipinski definition) is 0. The van der Waals surface area contributed by atoms with Crippen LogP contribution < -0.4 is 0 Å². The van der Waals surface area contributed by atoms with Gasteiger partial charge in [0.1, 0.15) is 5.70 Å². The summed E-state index contributed by atoms with van der Waals surface area (Å²) in [6.45, 7) is 5.79. The summed E-state index contributed by atoms with van der Waals surface area (Å²) in [6.07, 6.45) is 4.34. The quantitative estimate of drug-likeness (QED) is 0.418. The second kappa shape index (κ2) is 8.29. The number of hydrogen-bond acceptors (Lipinski definition) is 6. The van der Waals surface area contributed by atoms with E-state index in [-0.39, 0.29) is 24.0 Å². The van der Waals surface area contributed by atoms with Crippen molar-refractivity contribution >= 4 is 23.1 Å². The van der Waals surface area contributed by atoms with E-state index in [0.29, 0.717) is 41.8 Å². The molecule has 0 aliphatic carbocycles. The molecule has 1 aromatic carbocycles. The molecule has 0 spiro atoms. The molecule has 0 N–H and O–H groups in total. The van der Waals surface area contributed by atoms with Crippen LogP contribution in [0.3, 0.4) is 0 Å². The van der Waals surface area contributed by atoms with Gasteiger partial charge in [-0.3, -0.25) is 29.6 Å². The first-order valence-electron chi connectivity index (χ1n) is 10.3. The average Bonchev–Trinajstić information content (AvgIpc) is 2.98. The first-order chi connectivity index (χ1) is 14.8. The van der Waals surface area contributed by atoms with Crippen LogP contribution in [0.4, 0.5) is 5.69 Å². The lowest BCUT2D eigenvalue weighted by Gasteiger charge is -2.37. The van der Waals surface area contributed by atoms with E-state index in [1.54, 1.807) is 30.6 Å². The fourth-order valence-corrected chi connectivity index (χ4v) is 4.53. The number of imide groups is 1. The van der Waals surface area contributed by atoms with Crippen molar-refractivity contribution in [2.24, 2.45) is 11.8 Å². The molecule has 2 atom stereocenters. The van der Waals surface area contributed by atoms with Crippen LogP contribution in [-0.4, -0.2) is 44.6 Å². The molecule has 0 bridgehead atoms. The maximum Gasteiger partial charge on any atom is 0.278 e. The summed E-state index contributed by atoms with van der Waals surface area (Å²) in [5.74, 6) is 0.0707. The molecule has 8 nitrogen and oxygen atoms in total. The third kappa shape index (κ3) is 4.05. The molecule has 1 aromatic heterocycles. The Kier molecular flexibility index (Phi) is 5.54. The zero-order valence-corrected chi connectivity index (χ0v) is 17.5. The number of amides is 2. The first-order valence-corrected chi connectivity index (χ1v) is 10.3.